The topological polar surface area (TPSA) is 38.3 Å². The molecule has 0 radical (unpaired) electrons. The Bertz CT molecular complexity index is 475. The second-order valence-electron chi connectivity index (χ2n) is 4.20. The summed E-state index contributed by atoms with van der Waals surface area (Å²) < 4.78 is 41.9. The number of anilines is 1. The van der Waals surface area contributed by atoms with Gasteiger partial charge < -0.3 is 10.1 Å². The first kappa shape index (κ1) is 16.6. The zero-order chi connectivity index (χ0) is 15.3. The van der Waals surface area contributed by atoms with Crippen molar-refractivity contribution in [3.05, 3.63) is 23.8 Å². The summed E-state index contributed by atoms with van der Waals surface area (Å²) in [6.45, 7) is 3.78. The number of nitrogens with one attached hydrogen (secondary N) is 1. The Kier molecular flexibility index (Phi) is 5.68. The first-order valence-corrected chi connectivity index (χ1v) is 6.45. The molecule has 3 nitrogen and oxygen atoms in total. The van der Waals surface area contributed by atoms with Crippen molar-refractivity contribution >= 4 is 23.2 Å². The molecule has 0 aliphatic heterocycles. The number of halogens is 4. The van der Waals surface area contributed by atoms with Crippen LogP contribution in [0.5, 0.6) is 5.75 Å². The first-order chi connectivity index (χ1) is 9.24. The standard InChI is InChI=1S/C13H15ClF3NO2/c1-3-20-11-7-9(6-8(2)14)4-5-10(11)18-12(19)13(15,16)17/h4-5,7-8H,3,6H2,1-2H3,(H,18,19). The number of ether oxygens (including phenoxy) is 1. The van der Waals surface area contributed by atoms with E-state index in [2.05, 4.69) is 0 Å². The zero-order valence-corrected chi connectivity index (χ0v) is 11.8. The maximum atomic E-state index is 12.2. The Morgan fingerprint density at radius 2 is 2.10 bits per heavy atom. The summed E-state index contributed by atoms with van der Waals surface area (Å²) in [7, 11) is 0. The Hall–Kier alpha value is -1.43. The Balaban J connectivity index is 2.98. The number of hydrogen-bond donors (Lipinski definition) is 1. The fourth-order valence-corrected chi connectivity index (χ4v) is 1.77. The summed E-state index contributed by atoms with van der Waals surface area (Å²) in [6.07, 6.45) is -4.39. The van der Waals surface area contributed by atoms with Gasteiger partial charge in [-0.3, -0.25) is 4.79 Å². The van der Waals surface area contributed by atoms with Gasteiger partial charge in [0.25, 0.3) is 0 Å². The second kappa shape index (κ2) is 6.83. The van der Waals surface area contributed by atoms with Crippen molar-refractivity contribution in [2.45, 2.75) is 31.8 Å². The maximum absolute atomic E-state index is 12.2. The number of carbonyl (C=O) groups is 1. The fraction of sp³-hybridized carbons (Fsp3) is 0.462. The molecule has 1 amide bonds. The van der Waals surface area contributed by atoms with E-state index in [1.807, 2.05) is 0 Å². The van der Waals surface area contributed by atoms with Crippen molar-refractivity contribution in [3.8, 4) is 5.75 Å². The lowest BCUT2D eigenvalue weighted by Gasteiger charge is -2.14. The predicted molar refractivity (Wildman–Crippen MR) is 71.3 cm³/mol. The first-order valence-electron chi connectivity index (χ1n) is 6.02. The van der Waals surface area contributed by atoms with Crippen LogP contribution < -0.4 is 10.1 Å². The lowest BCUT2D eigenvalue weighted by Crippen LogP contribution is -2.30. The summed E-state index contributed by atoms with van der Waals surface area (Å²) in [6, 6.07) is 4.56. The average Bonchev–Trinajstić information content (AvgIpc) is 2.30. The number of rotatable bonds is 5. The fourth-order valence-electron chi connectivity index (χ4n) is 1.59. The van der Waals surface area contributed by atoms with Crippen LogP contribution in [0, 0.1) is 0 Å². The number of benzene rings is 1. The molecule has 1 aromatic rings. The third-order valence-electron chi connectivity index (χ3n) is 2.37. The third kappa shape index (κ3) is 4.92. The van der Waals surface area contributed by atoms with Crippen LogP contribution in [0.3, 0.4) is 0 Å². The number of hydrogen-bond acceptors (Lipinski definition) is 2. The van der Waals surface area contributed by atoms with Crippen LogP contribution in [-0.2, 0) is 11.2 Å². The normalized spacial score (nSPS) is 12.9. The third-order valence-corrected chi connectivity index (χ3v) is 2.52. The molecule has 0 fully saturated rings. The highest BCUT2D eigenvalue weighted by Gasteiger charge is 2.39. The maximum Gasteiger partial charge on any atom is 0.471 e. The molecule has 1 N–H and O–H groups in total. The Morgan fingerprint density at radius 3 is 2.60 bits per heavy atom. The van der Waals surface area contributed by atoms with Crippen molar-refractivity contribution in [1.82, 2.24) is 0 Å². The van der Waals surface area contributed by atoms with E-state index in [1.165, 1.54) is 6.07 Å². The summed E-state index contributed by atoms with van der Waals surface area (Å²) in [5.74, 6) is -1.84. The zero-order valence-electron chi connectivity index (χ0n) is 11.1. The monoisotopic (exact) mass is 309 g/mol. The molecule has 1 rings (SSSR count). The highest BCUT2D eigenvalue weighted by atomic mass is 35.5. The Morgan fingerprint density at radius 1 is 1.45 bits per heavy atom. The SMILES string of the molecule is CCOc1cc(CC(C)Cl)ccc1NC(=O)C(F)(F)F. The van der Waals surface area contributed by atoms with E-state index in [-0.39, 0.29) is 23.4 Å². The summed E-state index contributed by atoms with van der Waals surface area (Å²) in [4.78, 5) is 10.9. The van der Waals surface area contributed by atoms with Crippen LogP contribution in [0.4, 0.5) is 18.9 Å². The smallest absolute Gasteiger partial charge is 0.471 e. The highest BCUT2D eigenvalue weighted by molar-refractivity contribution is 6.20. The molecule has 0 aliphatic carbocycles. The van der Waals surface area contributed by atoms with Crippen LogP contribution in [-0.4, -0.2) is 24.1 Å². The molecule has 0 saturated heterocycles. The van der Waals surface area contributed by atoms with Crippen LogP contribution in [0.15, 0.2) is 18.2 Å². The van der Waals surface area contributed by atoms with E-state index in [0.717, 1.165) is 5.56 Å². The van der Waals surface area contributed by atoms with Crippen molar-refractivity contribution in [1.29, 1.82) is 0 Å². The van der Waals surface area contributed by atoms with Crippen LogP contribution in [0.25, 0.3) is 0 Å². The Labute approximate surface area is 120 Å². The molecule has 0 saturated carbocycles. The minimum Gasteiger partial charge on any atom is -0.492 e. The molecule has 1 atom stereocenters. The van der Waals surface area contributed by atoms with E-state index < -0.39 is 12.1 Å². The summed E-state index contributed by atoms with van der Waals surface area (Å²) in [5.41, 5.74) is 0.807. The van der Waals surface area contributed by atoms with Gasteiger partial charge in [0.2, 0.25) is 0 Å². The molecular weight excluding hydrogens is 295 g/mol. The summed E-state index contributed by atoms with van der Waals surface area (Å²) in [5, 5.41) is 1.68. The molecule has 0 heterocycles. The molecule has 0 aromatic heterocycles. The van der Waals surface area contributed by atoms with Gasteiger partial charge >= 0.3 is 12.1 Å². The van der Waals surface area contributed by atoms with Crippen LogP contribution in [0.2, 0.25) is 0 Å². The lowest BCUT2D eigenvalue weighted by atomic mass is 10.1. The molecule has 0 aliphatic rings. The van der Waals surface area contributed by atoms with E-state index in [0.29, 0.717) is 6.42 Å². The second-order valence-corrected chi connectivity index (χ2v) is 4.95. The molecular formula is C13H15ClF3NO2. The average molecular weight is 310 g/mol. The molecule has 20 heavy (non-hydrogen) atoms. The van der Waals surface area contributed by atoms with Gasteiger partial charge in [-0.25, -0.2) is 0 Å². The molecule has 112 valence electrons. The highest BCUT2D eigenvalue weighted by Crippen LogP contribution is 2.29. The van der Waals surface area contributed by atoms with Gasteiger partial charge in [-0.1, -0.05) is 6.07 Å². The van der Waals surface area contributed by atoms with Gasteiger partial charge in [0, 0.05) is 5.38 Å². The summed E-state index contributed by atoms with van der Waals surface area (Å²) >= 11 is 5.87. The minimum absolute atomic E-state index is 0.0137. The van der Waals surface area contributed by atoms with Crippen LogP contribution >= 0.6 is 11.6 Å². The van der Waals surface area contributed by atoms with Crippen molar-refractivity contribution in [2.75, 3.05) is 11.9 Å². The quantitative estimate of drug-likeness (QED) is 0.841. The van der Waals surface area contributed by atoms with Gasteiger partial charge in [0.15, 0.2) is 0 Å². The van der Waals surface area contributed by atoms with Crippen molar-refractivity contribution < 1.29 is 22.7 Å². The number of alkyl halides is 4. The van der Waals surface area contributed by atoms with Gasteiger partial charge in [0.05, 0.1) is 12.3 Å². The van der Waals surface area contributed by atoms with Crippen LogP contribution in [0.1, 0.15) is 19.4 Å². The number of carbonyl (C=O) groups excluding carboxylic acids is 1. The predicted octanol–water partition coefficient (Wildman–Crippen LogP) is 3.76. The van der Waals surface area contributed by atoms with Gasteiger partial charge in [-0.05, 0) is 38.0 Å². The molecule has 1 unspecified atom stereocenters. The van der Waals surface area contributed by atoms with E-state index in [9.17, 15) is 18.0 Å². The largest absolute Gasteiger partial charge is 0.492 e. The van der Waals surface area contributed by atoms with Gasteiger partial charge in [-0.15, -0.1) is 11.6 Å². The van der Waals surface area contributed by atoms with Crippen molar-refractivity contribution in [3.63, 3.8) is 0 Å². The lowest BCUT2D eigenvalue weighted by molar-refractivity contribution is -0.167. The molecule has 1 aromatic carbocycles. The minimum atomic E-state index is -4.94. The molecule has 7 heteroatoms. The van der Waals surface area contributed by atoms with Gasteiger partial charge in [0.1, 0.15) is 5.75 Å². The number of amides is 1. The van der Waals surface area contributed by atoms with E-state index in [4.69, 9.17) is 16.3 Å². The van der Waals surface area contributed by atoms with E-state index in [1.54, 1.807) is 31.3 Å². The van der Waals surface area contributed by atoms with E-state index >= 15 is 0 Å². The molecule has 0 spiro atoms. The van der Waals surface area contributed by atoms with Gasteiger partial charge in [-0.2, -0.15) is 13.2 Å². The van der Waals surface area contributed by atoms with Crippen molar-refractivity contribution in [2.24, 2.45) is 0 Å². The molecule has 0 bridgehead atoms.